The molecule has 0 aliphatic rings. The number of allylic oxidation sites excluding steroid dienone is 1. The van der Waals surface area contributed by atoms with E-state index in [1.165, 1.54) is 0 Å². The molecule has 0 atom stereocenters. The average Bonchev–Trinajstić information content (AvgIpc) is 1.89. The van der Waals surface area contributed by atoms with E-state index in [1.807, 2.05) is 6.08 Å². The zero-order valence-electron chi connectivity index (χ0n) is 5.61. The third-order valence-corrected chi connectivity index (χ3v) is 1.13. The maximum Gasteiger partial charge on any atom is 0.0876 e. The molecular weight excluding hydrogens is 119 g/mol. The van der Waals surface area contributed by atoms with Crippen molar-refractivity contribution in [3.8, 4) is 0 Å². The summed E-state index contributed by atoms with van der Waals surface area (Å²) in [5, 5.41) is 0. The molecule has 2 heteroatoms. The molecule has 9 heavy (non-hydrogen) atoms. The van der Waals surface area contributed by atoms with E-state index < -0.39 is 0 Å². The molecule has 0 fully saturated rings. The van der Waals surface area contributed by atoms with Gasteiger partial charge in [0, 0.05) is 0 Å². The molecule has 54 valence electrons. The lowest BCUT2D eigenvalue weighted by molar-refractivity contribution is -0.133. The number of halogens is 1. The van der Waals surface area contributed by atoms with E-state index in [-0.39, 0.29) is 6.61 Å². The van der Waals surface area contributed by atoms with Crippen molar-refractivity contribution in [2.24, 2.45) is 0 Å². The third-order valence-electron chi connectivity index (χ3n) is 1.13. The largest absolute Gasteiger partial charge is 0.194 e. The van der Waals surface area contributed by atoms with Crippen LogP contribution in [-0.2, 0) is 4.94 Å². The molecule has 0 aromatic heterocycles. The molecule has 0 saturated carbocycles. The number of rotatable bonds is 6. The highest BCUT2D eigenvalue weighted by atomic mass is 19.3. The van der Waals surface area contributed by atoms with Gasteiger partial charge >= 0.3 is 0 Å². The summed E-state index contributed by atoms with van der Waals surface area (Å²) in [6.45, 7) is 3.81. The summed E-state index contributed by atoms with van der Waals surface area (Å²) >= 11 is 0. The monoisotopic (exact) mass is 132 g/mol. The lowest BCUT2D eigenvalue weighted by Crippen LogP contribution is -1.83. The van der Waals surface area contributed by atoms with Crippen LogP contribution in [0.4, 0.5) is 4.53 Å². The van der Waals surface area contributed by atoms with Gasteiger partial charge in [-0.2, -0.15) is 4.94 Å². The Morgan fingerprint density at radius 1 is 1.33 bits per heavy atom. The molecule has 0 aromatic rings. The van der Waals surface area contributed by atoms with Crippen molar-refractivity contribution in [2.45, 2.75) is 25.7 Å². The minimum absolute atomic E-state index is 0.233. The Labute approximate surface area is 55.4 Å². The summed E-state index contributed by atoms with van der Waals surface area (Å²) in [5.41, 5.74) is 0. The zero-order valence-corrected chi connectivity index (χ0v) is 5.61. The van der Waals surface area contributed by atoms with Crippen LogP contribution in [0.25, 0.3) is 0 Å². The quantitative estimate of drug-likeness (QED) is 0.398. The Balaban J connectivity index is 2.66. The zero-order chi connectivity index (χ0) is 6.95. The fourth-order valence-electron chi connectivity index (χ4n) is 0.622. The van der Waals surface area contributed by atoms with Crippen LogP contribution in [0.2, 0.25) is 0 Å². The number of hydrogen-bond donors (Lipinski definition) is 0. The Morgan fingerprint density at radius 3 is 2.67 bits per heavy atom. The highest BCUT2D eigenvalue weighted by Crippen LogP contribution is 1.99. The van der Waals surface area contributed by atoms with Gasteiger partial charge in [-0.15, -0.1) is 6.58 Å². The van der Waals surface area contributed by atoms with Crippen molar-refractivity contribution in [3.05, 3.63) is 12.7 Å². The van der Waals surface area contributed by atoms with E-state index in [0.29, 0.717) is 0 Å². The highest BCUT2D eigenvalue weighted by Gasteiger charge is 1.86. The maximum atomic E-state index is 11.0. The number of unbranched alkanes of at least 4 members (excludes halogenated alkanes) is 3. The van der Waals surface area contributed by atoms with Crippen LogP contribution >= 0.6 is 0 Å². The summed E-state index contributed by atoms with van der Waals surface area (Å²) in [5.74, 6) is 0. The van der Waals surface area contributed by atoms with Gasteiger partial charge in [-0.05, 0) is 23.8 Å². The van der Waals surface area contributed by atoms with Crippen molar-refractivity contribution < 1.29 is 9.47 Å². The molecule has 0 aliphatic carbocycles. The van der Waals surface area contributed by atoms with E-state index in [0.717, 1.165) is 25.7 Å². The van der Waals surface area contributed by atoms with E-state index in [9.17, 15) is 4.53 Å². The van der Waals surface area contributed by atoms with Gasteiger partial charge in [0.1, 0.15) is 0 Å². The first-order valence-electron chi connectivity index (χ1n) is 3.26. The normalized spacial score (nSPS) is 9.44. The minimum Gasteiger partial charge on any atom is -0.194 e. The molecule has 1 nitrogen and oxygen atoms in total. The third kappa shape index (κ3) is 7.63. The highest BCUT2D eigenvalue weighted by molar-refractivity contribution is 4.65. The molecular formula is C7H13FO. The molecule has 0 N–H and O–H groups in total. The smallest absolute Gasteiger partial charge is 0.0876 e. The van der Waals surface area contributed by atoms with E-state index in [1.54, 1.807) is 0 Å². The van der Waals surface area contributed by atoms with E-state index in [2.05, 4.69) is 11.5 Å². The van der Waals surface area contributed by atoms with Crippen LogP contribution in [0.1, 0.15) is 25.7 Å². The maximum absolute atomic E-state index is 11.0. The van der Waals surface area contributed by atoms with Crippen molar-refractivity contribution in [2.75, 3.05) is 6.61 Å². The molecule has 0 heterocycles. The fourth-order valence-corrected chi connectivity index (χ4v) is 0.622. The van der Waals surface area contributed by atoms with E-state index >= 15 is 0 Å². The Bertz CT molecular complexity index is 63.9. The predicted octanol–water partition coefficient (Wildman–Crippen LogP) is 2.63. The molecule has 0 rings (SSSR count). The van der Waals surface area contributed by atoms with Gasteiger partial charge in [-0.3, -0.25) is 0 Å². The average molecular weight is 132 g/mol. The molecule has 0 radical (unpaired) electrons. The molecule has 0 aromatic carbocycles. The van der Waals surface area contributed by atoms with Crippen LogP contribution in [0, 0.1) is 0 Å². The van der Waals surface area contributed by atoms with Gasteiger partial charge in [0.25, 0.3) is 0 Å². The van der Waals surface area contributed by atoms with Crippen LogP contribution in [-0.4, -0.2) is 6.61 Å². The van der Waals surface area contributed by atoms with Gasteiger partial charge < -0.3 is 0 Å². The standard InChI is InChI=1S/C7H13FO/c1-2-3-4-5-6-7-9-8/h2H,1,3-7H2. The Kier molecular flexibility index (Phi) is 7.32. The van der Waals surface area contributed by atoms with Crippen molar-refractivity contribution in [1.29, 1.82) is 0 Å². The SMILES string of the molecule is C=CCCCCCOF. The predicted molar refractivity (Wildman–Crippen MR) is 35.7 cm³/mol. The Hall–Kier alpha value is -0.370. The lowest BCUT2D eigenvalue weighted by Gasteiger charge is -1.93. The summed E-state index contributed by atoms with van der Waals surface area (Å²) < 4.78 is 11.0. The second-order valence-corrected chi connectivity index (χ2v) is 1.95. The van der Waals surface area contributed by atoms with Gasteiger partial charge in [0.05, 0.1) is 6.61 Å². The first-order chi connectivity index (χ1) is 4.41. The van der Waals surface area contributed by atoms with Crippen molar-refractivity contribution in [3.63, 3.8) is 0 Å². The summed E-state index contributed by atoms with van der Waals surface area (Å²) in [4.78, 5) is 3.40. The molecule has 0 unspecified atom stereocenters. The van der Waals surface area contributed by atoms with Crippen LogP contribution in [0.3, 0.4) is 0 Å². The minimum atomic E-state index is 0.233. The van der Waals surface area contributed by atoms with E-state index in [4.69, 9.17) is 0 Å². The second-order valence-electron chi connectivity index (χ2n) is 1.95. The first-order valence-corrected chi connectivity index (χ1v) is 3.26. The van der Waals surface area contributed by atoms with Crippen molar-refractivity contribution >= 4 is 0 Å². The van der Waals surface area contributed by atoms with Gasteiger partial charge in [-0.25, -0.2) is 0 Å². The summed E-state index contributed by atoms with van der Waals surface area (Å²) in [6, 6.07) is 0. The van der Waals surface area contributed by atoms with Crippen LogP contribution < -0.4 is 0 Å². The van der Waals surface area contributed by atoms with Crippen molar-refractivity contribution in [1.82, 2.24) is 0 Å². The molecule has 0 spiro atoms. The van der Waals surface area contributed by atoms with Gasteiger partial charge in [-0.1, -0.05) is 12.5 Å². The molecule has 0 aliphatic heterocycles. The van der Waals surface area contributed by atoms with Gasteiger partial charge in [0.15, 0.2) is 0 Å². The molecule has 0 bridgehead atoms. The number of hydrogen-bond acceptors (Lipinski definition) is 1. The summed E-state index contributed by atoms with van der Waals surface area (Å²) in [7, 11) is 0. The topological polar surface area (TPSA) is 9.23 Å². The first kappa shape index (κ1) is 8.63. The van der Waals surface area contributed by atoms with Crippen LogP contribution in [0.15, 0.2) is 12.7 Å². The fraction of sp³-hybridized carbons (Fsp3) is 0.714. The van der Waals surface area contributed by atoms with Gasteiger partial charge in [0.2, 0.25) is 0 Å². The molecule has 0 saturated heterocycles. The second kappa shape index (κ2) is 7.63. The summed E-state index contributed by atoms with van der Waals surface area (Å²) in [6.07, 6.45) is 5.82. The van der Waals surface area contributed by atoms with Crippen LogP contribution in [0.5, 0.6) is 0 Å². The molecule has 0 amide bonds. The lowest BCUT2D eigenvalue weighted by atomic mass is 10.2. The Morgan fingerprint density at radius 2 is 2.11 bits per heavy atom.